The highest BCUT2D eigenvalue weighted by molar-refractivity contribution is 9.10. The molecule has 0 saturated heterocycles. The molecular weight excluding hydrogens is 301 g/mol. The van der Waals surface area contributed by atoms with Gasteiger partial charge in [-0.15, -0.1) is 0 Å². The van der Waals surface area contributed by atoms with Crippen LogP contribution in [0.3, 0.4) is 0 Å². The molecule has 1 heterocycles. The first-order chi connectivity index (χ1) is 8.75. The van der Waals surface area contributed by atoms with Gasteiger partial charge in [-0.3, -0.25) is 0 Å². The van der Waals surface area contributed by atoms with E-state index in [9.17, 15) is 4.39 Å². The van der Waals surface area contributed by atoms with Crippen molar-refractivity contribution in [3.63, 3.8) is 0 Å². The van der Waals surface area contributed by atoms with Crippen LogP contribution in [0.5, 0.6) is 5.75 Å². The highest BCUT2D eigenvalue weighted by Crippen LogP contribution is 2.21. The van der Waals surface area contributed by atoms with E-state index in [-0.39, 0.29) is 11.6 Å². The predicted octanol–water partition coefficient (Wildman–Crippen LogP) is 3.35. The summed E-state index contributed by atoms with van der Waals surface area (Å²) < 4.78 is 24.6. The quantitative estimate of drug-likeness (QED) is 0.830. The zero-order valence-electron chi connectivity index (χ0n) is 9.66. The van der Waals surface area contributed by atoms with Gasteiger partial charge in [-0.2, -0.15) is 0 Å². The molecule has 0 fully saturated rings. The molecular formula is C13H13BrFNO2. The van der Waals surface area contributed by atoms with Crippen molar-refractivity contribution in [3.05, 3.63) is 52.6 Å². The van der Waals surface area contributed by atoms with Crippen LogP contribution in [0.4, 0.5) is 4.39 Å². The van der Waals surface area contributed by atoms with Gasteiger partial charge in [-0.25, -0.2) is 4.39 Å². The average Bonchev–Trinajstić information content (AvgIpc) is 2.84. The number of nitrogens with one attached hydrogen (secondary N) is 1. The maximum absolute atomic E-state index is 13.4. The molecule has 18 heavy (non-hydrogen) atoms. The Morgan fingerprint density at radius 2 is 2.22 bits per heavy atom. The van der Waals surface area contributed by atoms with Crippen molar-refractivity contribution in [2.24, 2.45) is 0 Å². The van der Waals surface area contributed by atoms with E-state index < -0.39 is 0 Å². The van der Waals surface area contributed by atoms with Crippen molar-refractivity contribution in [1.82, 2.24) is 5.32 Å². The van der Waals surface area contributed by atoms with Crippen LogP contribution in [0.1, 0.15) is 5.76 Å². The molecule has 1 aromatic heterocycles. The van der Waals surface area contributed by atoms with Gasteiger partial charge >= 0.3 is 0 Å². The van der Waals surface area contributed by atoms with E-state index in [1.165, 1.54) is 6.07 Å². The van der Waals surface area contributed by atoms with Crippen LogP contribution in [-0.2, 0) is 6.54 Å². The van der Waals surface area contributed by atoms with Crippen LogP contribution in [0.25, 0.3) is 0 Å². The molecule has 0 saturated carbocycles. The zero-order valence-corrected chi connectivity index (χ0v) is 11.2. The summed E-state index contributed by atoms with van der Waals surface area (Å²) in [6.07, 6.45) is 1.63. The minimum atomic E-state index is -0.365. The monoisotopic (exact) mass is 313 g/mol. The van der Waals surface area contributed by atoms with Crippen molar-refractivity contribution < 1.29 is 13.5 Å². The Hall–Kier alpha value is -1.33. The van der Waals surface area contributed by atoms with Crippen LogP contribution in [0.2, 0.25) is 0 Å². The molecule has 0 spiro atoms. The van der Waals surface area contributed by atoms with E-state index in [1.54, 1.807) is 18.4 Å². The largest absolute Gasteiger partial charge is 0.489 e. The minimum absolute atomic E-state index is 0.262. The summed E-state index contributed by atoms with van der Waals surface area (Å²) in [7, 11) is 0. The lowest BCUT2D eigenvalue weighted by Gasteiger charge is -2.07. The molecule has 96 valence electrons. The average molecular weight is 314 g/mol. The normalized spacial score (nSPS) is 10.6. The van der Waals surface area contributed by atoms with Crippen LogP contribution < -0.4 is 10.1 Å². The number of ether oxygens (including phenoxy) is 1. The summed E-state index contributed by atoms with van der Waals surface area (Å²) in [5.74, 6) is 0.762. The second kappa shape index (κ2) is 6.56. The fraction of sp³-hybridized carbons (Fsp3) is 0.231. The third-order valence-electron chi connectivity index (χ3n) is 2.31. The molecule has 2 aromatic rings. The van der Waals surface area contributed by atoms with Gasteiger partial charge in [0, 0.05) is 11.0 Å². The molecule has 1 N–H and O–H groups in total. The standard InChI is InChI=1S/C13H13BrFNO2/c14-10-3-4-13(12(15)8-10)18-7-5-16-9-11-2-1-6-17-11/h1-4,6,8,16H,5,7,9H2. The molecule has 0 unspecified atom stereocenters. The Morgan fingerprint density at radius 3 is 2.94 bits per heavy atom. The molecule has 0 aliphatic rings. The van der Waals surface area contributed by atoms with E-state index in [1.807, 2.05) is 12.1 Å². The van der Waals surface area contributed by atoms with Crippen molar-refractivity contribution >= 4 is 15.9 Å². The van der Waals surface area contributed by atoms with E-state index in [0.717, 1.165) is 5.76 Å². The number of hydrogen-bond acceptors (Lipinski definition) is 3. The van der Waals surface area contributed by atoms with Gasteiger partial charge in [0.2, 0.25) is 0 Å². The second-order valence-electron chi connectivity index (χ2n) is 3.68. The first kappa shape index (κ1) is 13.1. The molecule has 0 aliphatic heterocycles. The fourth-order valence-electron chi connectivity index (χ4n) is 1.45. The van der Waals surface area contributed by atoms with E-state index >= 15 is 0 Å². The van der Waals surface area contributed by atoms with Crippen LogP contribution in [0.15, 0.2) is 45.5 Å². The highest BCUT2D eigenvalue weighted by atomic mass is 79.9. The fourth-order valence-corrected chi connectivity index (χ4v) is 1.78. The highest BCUT2D eigenvalue weighted by Gasteiger charge is 2.03. The molecule has 0 atom stereocenters. The number of rotatable bonds is 6. The Labute approximate surface area is 113 Å². The minimum Gasteiger partial charge on any atom is -0.489 e. The summed E-state index contributed by atoms with van der Waals surface area (Å²) in [4.78, 5) is 0. The lowest BCUT2D eigenvalue weighted by Crippen LogP contribution is -2.20. The van der Waals surface area contributed by atoms with Gasteiger partial charge in [0.05, 0.1) is 12.8 Å². The van der Waals surface area contributed by atoms with Gasteiger partial charge in [0.1, 0.15) is 12.4 Å². The molecule has 0 bridgehead atoms. The van der Waals surface area contributed by atoms with E-state index in [4.69, 9.17) is 9.15 Å². The van der Waals surface area contributed by atoms with Crippen molar-refractivity contribution in [2.75, 3.05) is 13.2 Å². The Kier molecular flexibility index (Phi) is 4.78. The predicted molar refractivity (Wildman–Crippen MR) is 70.0 cm³/mol. The first-order valence-electron chi connectivity index (χ1n) is 5.56. The Morgan fingerprint density at radius 1 is 1.33 bits per heavy atom. The van der Waals surface area contributed by atoms with E-state index in [2.05, 4.69) is 21.2 Å². The maximum atomic E-state index is 13.4. The Bertz CT molecular complexity index is 488. The SMILES string of the molecule is Fc1cc(Br)ccc1OCCNCc1ccco1. The summed E-state index contributed by atoms with van der Waals surface area (Å²) >= 11 is 3.19. The molecule has 0 aliphatic carbocycles. The first-order valence-corrected chi connectivity index (χ1v) is 6.36. The van der Waals surface area contributed by atoms with Crippen LogP contribution in [0, 0.1) is 5.82 Å². The topological polar surface area (TPSA) is 34.4 Å². The lowest BCUT2D eigenvalue weighted by atomic mass is 10.3. The maximum Gasteiger partial charge on any atom is 0.166 e. The van der Waals surface area contributed by atoms with Crippen LogP contribution in [-0.4, -0.2) is 13.2 Å². The smallest absolute Gasteiger partial charge is 0.166 e. The van der Waals surface area contributed by atoms with Crippen molar-refractivity contribution in [2.45, 2.75) is 6.54 Å². The number of hydrogen-bond donors (Lipinski definition) is 1. The van der Waals surface area contributed by atoms with Crippen molar-refractivity contribution in [3.8, 4) is 5.75 Å². The molecule has 0 amide bonds. The number of halogens is 2. The summed E-state index contributed by atoms with van der Waals surface area (Å²) in [5, 5.41) is 3.14. The molecule has 1 aromatic carbocycles. The second-order valence-corrected chi connectivity index (χ2v) is 4.60. The number of benzene rings is 1. The zero-order chi connectivity index (χ0) is 12.8. The van der Waals surface area contributed by atoms with Gasteiger partial charge in [-0.1, -0.05) is 15.9 Å². The summed E-state index contributed by atoms with van der Waals surface area (Å²) in [6.45, 7) is 1.66. The van der Waals surface area contributed by atoms with Gasteiger partial charge in [0.25, 0.3) is 0 Å². The van der Waals surface area contributed by atoms with E-state index in [0.29, 0.717) is 24.2 Å². The van der Waals surface area contributed by atoms with Crippen LogP contribution >= 0.6 is 15.9 Å². The molecule has 2 rings (SSSR count). The number of furan rings is 1. The molecule has 5 heteroatoms. The lowest BCUT2D eigenvalue weighted by molar-refractivity contribution is 0.296. The van der Waals surface area contributed by atoms with Gasteiger partial charge in [-0.05, 0) is 30.3 Å². The third kappa shape index (κ3) is 3.85. The summed E-state index contributed by atoms with van der Waals surface area (Å²) in [5.41, 5.74) is 0. The van der Waals surface area contributed by atoms with Gasteiger partial charge in [0.15, 0.2) is 11.6 Å². The van der Waals surface area contributed by atoms with Crippen molar-refractivity contribution in [1.29, 1.82) is 0 Å². The summed E-state index contributed by atoms with van der Waals surface area (Å²) in [6, 6.07) is 8.46. The third-order valence-corrected chi connectivity index (χ3v) is 2.80. The molecule has 0 radical (unpaired) electrons. The molecule has 3 nitrogen and oxygen atoms in total. The van der Waals surface area contributed by atoms with Gasteiger partial charge < -0.3 is 14.5 Å². The Balaban J connectivity index is 1.69.